The molecule has 0 amide bonds. The van der Waals surface area contributed by atoms with Crippen LogP contribution in [-0.2, 0) is 13.0 Å². The van der Waals surface area contributed by atoms with Crippen LogP contribution in [0.1, 0.15) is 36.4 Å². The first-order valence-electron chi connectivity index (χ1n) is 7.13. The topological polar surface area (TPSA) is 29.9 Å². The van der Waals surface area contributed by atoms with Crippen LogP contribution < -0.4 is 5.32 Å². The van der Waals surface area contributed by atoms with E-state index in [1.807, 2.05) is 16.8 Å². The zero-order chi connectivity index (χ0) is 14.7. The third-order valence-corrected chi connectivity index (χ3v) is 3.87. The summed E-state index contributed by atoms with van der Waals surface area (Å²) in [7, 11) is 0. The van der Waals surface area contributed by atoms with Crippen LogP contribution in [0.2, 0.25) is 5.02 Å². The molecular weight excluding hydrogens is 270 g/mol. The number of nitrogens with zero attached hydrogens (tertiary/aromatic N) is 2. The molecule has 0 aliphatic rings. The molecule has 0 radical (unpaired) electrons. The van der Waals surface area contributed by atoms with Crippen molar-refractivity contribution in [1.29, 1.82) is 0 Å². The fraction of sp³-hybridized carbons (Fsp3) is 0.438. The van der Waals surface area contributed by atoms with E-state index >= 15 is 0 Å². The second-order valence-corrected chi connectivity index (χ2v) is 5.40. The highest BCUT2D eigenvalue weighted by Crippen LogP contribution is 2.24. The Balaban J connectivity index is 2.53. The quantitative estimate of drug-likeness (QED) is 0.908. The Hall–Kier alpha value is -1.32. The van der Waals surface area contributed by atoms with Crippen LogP contribution in [-0.4, -0.2) is 16.3 Å². The van der Waals surface area contributed by atoms with Crippen molar-refractivity contribution in [3.8, 4) is 5.69 Å². The van der Waals surface area contributed by atoms with Gasteiger partial charge in [-0.05, 0) is 50.1 Å². The van der Waals surface area contributed by atoms with Crippen molar-refractivity contribution in [1.82, 2.24) is 15.1 Å². The van der Waals surface area contributed by atoms with Crippen LogP contribution in [0.3, 0.4) is 0 Å². The smallest absolute Gasteiger partial charge is 0.0708 e. The average molecular weight is 292 g/mol. The molecule has 4 heteroatoms. The van der Waals surface area contributed by atoms with Crippen molar-refractivity contribution in [3.63, 3.8) is 0 Å². The molecule has 0 saturated carbocycles. The molecule has 1 aromatic carbocycles. The molecule has 2 rings (SSSR count). The standard InChI is InChI=1S/C16H22ClN3/c1-5-15-11(3)19-20(12(15)4)16-9-14(17)8-7-13(16)10-18-6-2/h7-9,18H,5-6,10H2,1-4H3. The minimum Gasteiger partial charge on any atom is -0.313 e. The molecule has 108 valence electrons. The lowest BCUT2D eigenvalue weighted by atomic mass is 10.1. The third kappa shape index (κ3) is 2.89. The summed E-state index contributed by atoms with van der Waals surface area (Å²) in [6, 6.07) is 6.00. The predicted octanol–water partition coefficient (Wildman–Crippen LogP) is 3.81. The monoisotopic (exact) mass is 291 g/mol. The van der Waals surface area contributed by atoms with Gasteiger partial charge in [-0.15, -0.1) is 0 Å². The van der Waals surface area contributed by atoms with E-state index in [2.05, 4.69) is 39.1 Å². The zero-order valence-electron chi connectivity index (χ0n) is 12.6. The molecule has 0 fully saturated rings. The lowest BCUT2D eigenvalue weighted by molar-refractivity contribution is 0.713. The van der Waals surface area contributed by atoms with E-state index in [9.17, 15) is 0 Å². The van der Waals surface area contributed by atoms with Crippen LogP contribution in [0.5, 0.6) is 0 Å². The first-order chi connectivity index (χ1) is 9.58. The maximum atomic E-state index is 6.17. The first kappa shape index (κ1) is 15.1. The predicted molar refractivity (Wildman–Crippen MR) is 84.8 cm³/mol. The summed E-state index contributed by atoms with van der Waals surface area (Å²) in [5, 5.41) is 8.80. The van der Waals surface area contributed by atoms with Gasteiger partial charge in [0.1, 0.15) is 0 Å². The van der Waals surface area contributed by atoms with Crippen molar-refractivity contribution in [2.24, 2.45) is 0 Å². The van der Waals surface area contributed by atoms with Crippen molar-refractivity contribution < 1.29 is 0 Å². The lowest BCUT2D eigenvalue weighted by Crippen LogP contribution is -2.14. The second-order valence-electron chi connectivity index (χ2n) is 4.97. The van der Waals surface area contributed by atoms with Gasteiger partial charge in [-0.25, -0.2) is 4.68 Å². The van der Waals surface area contributed by atoms with Crippen LogP contribution in [0.4, 0.5) is 0 Å². The number of aromatic nitrogens is 2. The van der Waals surface area contributed by atoms with Gasteiger partial charge in [0, 0.05) is 17.3 Å². The van der Waals surface area contributed by atoms with Crippen LogP contribution in [0.25, 0.3) is 5.69 Å². The second kappa shape index (κ2) is 6.42. The largest absolute Gasteiger partial charge is 0.313 e. The van der Waals surface area contributed by atoms with Gasteiger partial charge >= 0.3 is 0 Å². The van der Waals surface area contributed by atoms with Crippen LogP contribution >= 0.6 is 11.6 Å². The molecule has 0 aliphatic heterocycles. The summed E-state index contributed by atoms with van der Waals surface area (Å²) in [6.45, 7) is 10.2. The molecule has 1 N–H and O–H groups in total. The Morgan fingerprint density at radius 1 is 1.25 bits per heavy atom. The molecule has 0 unspecified atom stereocenters. The summed E-state index contributed by atoms with van der Waals surface area (Å²) in [6.07, 6.45) is 1.00. The molecule has 0 saturated heterocycles. The molecular formula is C16H22ClN3. The highest BCUT2D eigenvalue weighted by Gasteiger charge is 2.14. The van der Waals surface area contributed by atoms with E-state index in [1.54, 1.807) is 0 Å². The number of hydrogen-bond donors (Lipinski definition) is 1. The number of nitrogens with one attached hydrogen (secondary N) is 1. The number of benzene rings is 1. The minimum atomic E-state index is 0.742. The molecule has 0 spiro atoms. The molecule has 0 atom stereocenters. The molecule has 0 aliphatic carbocycles. The maximum absolute atomic E-state index is 6.17. The number of hydrogen-bond acceptors (Lipinski definition) is 2. The summed E-state index contributed by atoms with van der Waals surface area (Å²) < 4.78 is 2.02. The Morgan fingerprint density at radius 2 is 2.00 bits per heavy atom. The Bertz CT molecular complexity index is 602. The van der Waals surface area contributed by atoms with Crippen molar-refractivity contribution in [2.75, 3.05) is 6.54 Å². The molecule has 2 aromatic rings. The van der Waals surface area contributed by atoms with Crippen molar-refractivity contribution in [3.05, 3.63) is 45.7 Å². The van der Waals surface area contributed by atoms with Gasteiger partial charge in [-0.1, -0.05) is 31.5 Å². The van der Waals surface area contributed by atoms with E-state index in [0.29, 0.717) is 0 Å². The lowest BCUT2D eigenvalue weighted by Gasteiger charge is -2.12. The van der Waals surface area contributed by atoms with E-state index in [0.717, 1.165) is 35.9 Å². The van der Waals surface area contributed by atoms with Gasteiger partial charge in [0.25, 0.3) is 0 Å². The van der Waals surface area contributed by atoms with Crippen molar-refractivity contribution in [2.45, 2.75) is 40.7 Å². The highest BCUT2D eigenvalue weighted by atomic mass is 35.5. The first-order valence-corrected chi connectivity index (χ1v) is 7.50. The van der Waals surface area contributed by atoms with E-state index in [-0.39, 0.29) is 0 Å². The molecule has 1 aromatic heterocycles. The molecule has 3 nitrogen and oxygen atoms in total. The number of rotatable bonds is 5. The minimum absolute atomic E-state index is 0.742. The summed E-state index contributed by atoms with van der Waals surface area (Å²) in [5.74, 6) is 0. The summed E-state index contributed by atoms with van der Waals surface area (Å²) in [5.41, 5.74) is 5.90. The fourth-order valence-corrected chi connectivity index (χ4v) is 2.73. The normalized spacial score (nSPS) is 11.1. The number of halogens is 1. The van der Waals surface area contributed by atoms with Gasteiger partial charge in [0.15, 0.2) is 0 Å². The Labute approximate surface area is 126 Å². The van der Waals surface area contributed by atoms with Gasteiger partial charge in [-0.2, -0.15) is 5.10 Å². The van der Waals surface area contributed by atoms with E-state index in [1.165, 1.54) is 16.8 Å². The van der Waals surface area contributed by atoms with Gasteiger partial charge in [0.05, 0.1) is 11.4 Å². The Morgan fingerprint density at radius 3 is 2.60 bits per heavy atom. The van der Waals surface area contributed by atoms with Crippen LogP contribution in [0, 0.1) is 13.8 Å². The molecule has 0 bridgehead atoms. The maximum Gasteiger partial charge on any atom is 0.0708 e. The van der Waals surface area contributed by atoms with Gasteiger partial charge < -0.3 is 5.32 Å². The van der Waals surface area contributed by atoms with E-state index < -0.39 is 0 Å². The average Bonchev–Trinajstić information content (AvgIpc) is 2.72. The zero-order valence-corrected chi connectivity index (χ0v) is 13.4. The van der Waals surface area contributed by atoms with E-state index in [4.69, 9.17) is 16.7 Å². The summed E-state index contributed by atoms with van der Waals surface area (Å²) >= 11 is 6.17. The van der Waals surface area contributed by atoms with Crippen molar-refractivity contribution >= 4 is 11.6 Å². The van der Waals surface area contributed by atoms with Gasteiger partial charge in [0.2, 0.25) is 0 Å². The highest BCUT2D eigenvalue weighted by molar-refractivity contribution is 6.30. The summed E-state index contributed by atoms with van der Waals surface area (Å²) in [4.78, 5) is 0. The number of aryl methyl sites for hydroxylation is 1. The van der Waals surface area contributed by atoms with Crippen LogP contribution in [0.15, 0.2) is 18.2 Å². The molecule has 1 heterocycles. The third-order valence-electron chi connectivity index (χ3n) is 3.64. The SMILES string of the molecule is CCNCc1ccc(Cl)cc1-n1nc(C)c(CC)c1C. The Kier molecular flexibility index (Phi) is 4.84. The fourth-order valence-electron chi connectivity index (χ4n) is 2.56. The van der Waals surface area contributed by atoms with Gasteiger partial charge in [-0.3, -0.25) is 0 Å². The molecule has 20 heavy (non-hydrogen) atoms.